The molecule has 0 bridgehead atoms. The minimum atomic E-state index is -0.570. The van der Waals surface area contributed by atoms with Crippen LogP contribution in [0.25, 0.3) is 11.1 Å². The highest BCUT2D eigenvalue weighted by Crippen LogP contribution is 2.36. The first-order chi connectivity index (χ1) is 12.1. The number of hydrogen-bond acceptors (Lipinski definition) is 3. The number of nitrogens with zero attached hydrogens (tertiary/aromatic N) is 1. The topological polar surface area (TPSA) is 50.1 Å². The Morgan fingerprint density at radius 2 is 1.76 bits per heavy atom. The third-order valence-electron chi connectivity index (χ3n) is 3.61. The van der Waals surface area contributed by atoms with Gasteiger partial charge in [-0.2, -0.15) is 5.26 Å². The molecular formula is C20H11BrFNO2. The summed E-state index contributed by atoms with van der Waals surface area (Å²) in [6.07, 6.45) is 0.574. The molecule has 0 aromatic heterocycles. The monoisotopic (exact) mass is 395 g/mol. The van der Waals surface area contributed by atoms with E-state index in [0.717, 1.165) is 10.5 Å². The number of carbonyl (C=O) groups is 1. The molecular weight excluding hydrogens is 385 g/mol. The van der Waals surface area contributed by atoms with Crippen LogP contribution < -0.4 is 4.74 Å². The summed E-state index contributed by atoms with van der Waals surface area (Å²) in [6.45, 7) is 0. The van der Waals surface area contributed by atoms with Crippen LogP contribution >= 0.6 is 15.9 Å². The molecule has 0 radical (unpaired) electrons. The molecule has 0 spiro atoms. The molecule has 0 saturated carbocycles. The number of halogens is 2. The molecule has 25 heavy (non-hydrogen) atoms. The first-order valence-electron chi connectivity index (χ1n) is 7.34. The lowest BCUT2D eigenvalue weighted by Crippen LogP contribution is -1.94. The van der Waals surface area contributed by atoms with Gasteiger partial charge in [0.05, 0.1) is 4.47 Å². The van der Waals surface area contributed by atoms with E-state index in [2.05, 4.69) is 22.0 Å². The highest BCUT2D eigenvalue weighted by molar-refractivity contribution is 9.10. The van der Waals surface area contributed by atoms with Gasteiger partial charge in [0.2, 0.25) is 0 Å². The lowest BCUT2D eigenvalue weighted by atomic mass is 9.98. The van der Waals surface area contributed by atoms with Crippen LogP contribution in [0.5, 0.6) is 11.5 Å². The van der Waals surface area contributed by atoms with Gasteiger partial charge in [-0.1, -0.05) is 36.4 Å². The smallest absolute Gasteiger partial charge is 0.150 e. The summed E-state index contributed by atoms with van der Waals surface area (Å²) in [6, 6.07) is 18.4. The Morgan fingerprint density at radius 3 is 2.44 bits per heavy atom. The molecule has 0 heterocycles. The first-order valence-corrected chi connectivity index (χ1v) is 8.14. The second kappa shape index (κ2) is 7.29. The second-order valence-electron chi connectivity index (χ2n) is 5.18. The number of hydrogen-bond donors (Lipinski definition) is 0. The Balaban J connectivity index is 2.10. The van der Waals surface area contributed by atoms with Crippen molar-refractivity contribution in [3.63, 3.8) is 0 Å². The van der Waals surface area contributed by atoms with Crippen molar-refractivity contribution < 1.29 is 13.9 Å². The van der Waals surface area contributed by atoms with Gasteiger partial charge in [0.25, 0.3) is 0 Å². The predicted molar refractivity (Wildman–Crippen MR) is 96.2 cm³/mol. The van der Waals surface area contributed by atoms with Gasteiger partial charge in [-0.05, 0) is 40.2 Å². The highest BCUT2D eigenvalue weighted by atomic mass is 79.9. The largest absolute Gasteiger partial charge is 0.455 e. The molecule has 3 nitrogen and oxygen atoms in total. The summed E-state index contributed by atoms with van der Waals surface area (Å²) in [5.41, 5.74) is 1.10. The minimum absolute atomic E-state index is 0.219. The molecule has 0 fully saturated rings. The maximum atomic E-state index is 14.3. The molecule has 0 aliphatic heterocycles. The Hall–Kier alpha value is -2.97. The number of rotatable bonds is 4. The second-order valence-corrected chi connectivity index (χ2v) is 6.03. The normalized spacial score (nSPS) is 10.1. The highest BCUT2D eigenvalue weighted by Gasteiger charge is 2.15. The van der Waals surface area contributed by atoms with Gasteiger partial charge in [0, 0.05) is 16.7 Å². The van der Waals surface area contributed by atoms with Gasteiger partial charge in [-0.25, -0.2) is 4.39 Å². The van der Waals surface area contributed by atoms with Gasteiger partial charge >= 0.3 is 0 Å². The molecule has 0 saturated heterocycles. The molecule has 3 rings (SSSR count). The van der Waals surface area contributed by atoms with Crippen molar-refractivity contribution in [1.29, 1.82) is 5.26 Å². The van der Waals surface area contributed by atoms with E-state index in [1.165, 1.54) is 12.1 Å². The standard InChI is InChI=1S/C20H11BrFNO2/c21-17-5-1-2-6-20(17)25-19-7-3-4-14(16(19)11-23)15-9-8-13(12-24)10-18(15)22/h1-10,12H. The Morgan fingerprint density at radius 1 is 1.00 bits per heavy atom. The number of nitriles is 1. The molecule has 0 aliphatic carbocycles. The third kappa shape index (κ3) is 3.44. The van der Waals surface area contributed by atoms with E-state index < -0.39 is 5.82 Å². The Bertz CT molecular complexity index is 995. The lowest BCUT2D eigenvalue weighted by molar-refractivity contribution is 0.112. The molecule has 0 aliphatic rings. The van der Waals surface area contributed by atoms with Gasteiger partial charge in [0.15, 0.2) is 0 Å². The van der Waals surface area contributed by atoms with Gasteiger partial charge in [-0.15, -0.1) is 0 Å². The van der Waals surface area contributed by atoms with Crippen LogP contribution in [0.2, 0.25) is 0 Å². The summed E-state index contributed by atoms with van der Waals surface area (Å²) in [5, 5.41) is 9.58. The van der Waals surface area contributed by atoms with Gasteiger partial charge < -0.3 is 4.74 Å². The molecule has 0 atom stereocenters. The van der Waals surface area contributed by atoms with Gasteiger partial charge in [-0.3, -0.25) is 4.79 Å². The van der Waals surface area contributed by atoms with E-state index in [-0.39, 0.29) is 16.7 Å². The van der Waals surface area contributed by atoms with Crippen LogP contribution in [0.3, 0.4) is 0 Å². The summed E-state index contributed by atoms with van der Waals surface area (Å²) >= 11 is 3.39. The van der Waals surface area contributed by atoms with Crippen LogP contribution in [0.15, 0.2) is 65.1 Å². The molecule has 5 heteroatoms. The van der Waals surface area contributed by atoms with Crippen molar-refractivity contribution in [1.82, 2.24) is 0 Å². The zero-order valence-corrected chi connectivity index (χ0v) is 14.5. The zero-order valence-electron chi connectivity index (χ0n) is 12.9. The van der Waals surface area contributed by atoms with Crippen LogP contribution in [0.1, 0.15) is 15.9 Å². The van der Waals surface area contributed by atoms with E-state index in [4.69, 9.17) is 4.74 Å². The fraction of sp³-hybridized carbons (Fsp3) is 0. The Kier molecular flexibility index (Phi) is 4.92. The number of benzene rings is 3. The van der Waals surface area contributed by atoms with Crippen LogP contribution in [-0.4, -0.2) is 6.29 Å². The Labute approximate surface area is 152 Å². The molecule has 0 amide bonds. The molecule has 122 valence electrons. The lowest BCUT2D eigenvalue weighted by Gasteiger charge is -2.12. The van der Waals surface area contributed by atoms with Crippen LogP contribution in [0, 0.1) is 17.1 Å². The number of ether oxygens (including phenoxy) is 1. The van der Waals surface area contributed by atoms with Crippen LogP contribution in [-0.2, 0) is 0 Å². The first kappa shape index (κ1) is 16.9. The van der Waals surface area contributed by atoms with Crippen molar-refractivity contribution in [3.05, 3.63) is 82.1 Å². The summed E-state index contributed by atoms with van der Waals surface area (Å²) in [4.78, 5) is 10.8. The van der Waals surface area contributed by atoms with E-state index in [1.807, 2.05) is 18.2 Å². The molecule has 0 unspecified atom stereocenters. The van der Waals surface area contributed by atoms with Crippen molar-refractivity contribution in [2.24, 2.45) is 0 Å². The maximum absolute atomic E-state index is 14.3. The van der Waals surface area contributed by atoms with Crippen molar-refractivity contribution in [3.8, 4) is 28.7 Å². The SMILES string of the molecule is N#Cc1c(Oc2ccccc2Br)cccc1-c1ccc(C=O)cc1F. The maximum Gasteiger partial charge on any atom is 0.150 e. The number of para-hydroxylation sites is 1. The van der Waals surface area contributed by atoms with E-state index in [1.54, 1.807) is 24.3 Å². The minimum Gasteiger partial charge on any atom is -0.455 e. The fourth-order valence-electron chi connectivity index (χ4n) is 2.43. The summed E-state index contributed by atoms with van der Waals surface area (Å²) < 4.78 is 20.9. The number of aldehydes is 1. The molecule has 3 aromatic carbocycles. The van der Waals surface area contributed by atoms with E-state index >= 15 is 0 Å². The van der Waals surface area contributed by atoms with E-state index in [0.29, 0.717) is 23.3 Å². The van der Waals surface area contributed by atoms with Crippen LogP contribution in [0.4, 0.5) is 4.39 Å². The number of carbonyl (C=O) groups excluding carboxylic acids is 1. The predicted octanol–water partition coefficient (Wildman–Crippen LogP) is 5.73. The van der Waals surface area contributed by atoms with Crippen molar-refractivity contribution >= 4 is 22.2 Å². The average molecular weight is 396 g/mol. The third-order valence-corrected chi connectivity index (χ3v) is 4.27. The quantitative estimate of drug-likeness (QED) is 0.529. The average Bonchev–Trinajstić information content (AvgIpc) is 2.63. The zero-order chi connectivity index (χ0) is 17.8. The van der Waals surface area contributed by atoms with Crippen molar-refractivity contribution in [2.75, 3.05) is 0 Å². The summed E-state index contributed by atoms with van der Waals surface area (Å²) in [5.74, 6) is 0.304. The van der Waals surface area contributed by atoms with Crippen molar-refractivity contribution in [2.45, 2.75) is 0 Å². The van der Waals surface area contributed by atoms with Gasteiger partial charge in [0.1, 0.15) is 35.2 Å². The summed E-state index contributed by atoms with van der Waals surface area (Å²) in [7, 11) is 0. The molecule has 0 N–H and O–H groups in total. The fourth-order valence-corrected chi connectivity index (χ4v) is 2.79. The molecule has 3 aromatic rings. The van der Waals surface area contributed by atoms with E-state index in [9.17, 15) is 14.4 Å².